The van der Waals surface area contributed by atoms with Gasteiger partial charge in [-0.15, -0.1) is 0 Å². The number of nitrogens with two attached hydrogens (primary N) is 1. The summed E-state index contributed by atoms with van der Waals surface area (Å²) in [6, 6.07) is 4.76. The van der Waals surface area contributed by atoms with Crippen molar-refractivity contribution in [2.24, 2.45) is 5.73 Å². The van der Waals surface area contributed by atoms with Crippen LogP contribution in [-0.2, 0) is 10.0 Å². The van der Waals surface area contributed by atoms with Crippen molar-refractivity contribution in [2.45, 2.75) is 24.3 Å². The van der Waals surface area contributed by atoms with Gasteiger partial charge in [-0.1, -0.05) is 6.92 Å². The average molecular weight is 272 g/mol. The lowest BCUT2D eigenvalue weighted by molar-refractivity contribution is 0.1000. The number of aliphatic hydroxyl groups excluding tert-OH is 1. The highest BCUT2D eigenvalue weighted by molar-refractivity contribution is 7.89. The van der Waals surface area contributed by atoms with E-state index in [0.29, 0.717) is 6.42 Å². The summed E-state index contributed by atoms with van der Waals surface area (Å²) in [7, 11) is -3.69. The van der Waals surface area contributed by atoms with Gasteiger partial charge in [0, 0.05) is 11.6 Å². The van der Waals surface area contributed by atoms with E-state index in [1.807, 2.05) is 0 Å². The molecule has 4 N–H and O–H groups in total. The third-order valence-corrected chi connectivity index (χ3v) is 4.02. The smallest absolute Gasteiger partial charge is 0.248 e. The fourth-order valence-electron chi connectivity index (χ4n) is 1.34. The van der Waals surface area contributed by atoms with Crippen molar-refractivity contribution in [1.29, 1.82) is 0 Å². The maximum Gasteiger partial charge on any atom is 0.248 e. The molecule has 0 fully saturated rings. The fraction of sp³-hybridized carbons (Fsp3) is 0.364. The van der Waals surface area contributed by atoms with Gasteiger partial charge in [-0.05, 0) is 30.7 Å². The van der Waals surface area contributed by atoms with E-state index >= 15 is 0 Å². The number of primary amides is 1. The molecular formula is C11H16N2O4S. The van der Waals surface area contributed by atoms with Crippen LogP contribution in [0.1, 0.15) is 23.7 Å². The highest BCUT2D eigenvalue weighted by atomic mass is 32.2. The summed E-state index contributed by atoms with van der Waals surface area (Å²) in [6.07, 6.45) is 0.481. The Labute approximate surface area is 106 Å². The molecular weight excluding hydrogens is 256 g/mol. The second kappa shape index (κ2) is 5.94. The van der Waals surface area contributed by atoms with Crippen LogP contribution >= 0.6 is 0 Å². The number of nitrogens with one attached hydrogen (secondary N) is 1. The lowest BCUT2D eigenvalue weighted by Crippen LogP contribution is -2.36. The number of carbonyl (C=O) groups excluding carboxylic acids is 1. The number of rotatable bonds is 6. The van der Waals surface area contributed by atoms with Crippen LogP contribution in [0.15, 0.2) is 29.2 Å². The van der Waals surface area contributed by atoms with Gasteiger partial charge in [-0.3, -0.25) is 4.79 Å². The quantitative estimate of drug-likeness (QED) is 0.668. The molecule has 7 heteroatoms. The molecule has 1 rings (SSSR count). The van der Waals surface area contributed by atoms with Gasteiger partial charge >= 0.3 is 0 Å². The van der Waals surface area contributed by atoms with Gasteiger partial charge in [0.25, 0.3) is 0 Å². The summed E-state index contributed by atoms with van der Waals surface area (Å²) in [5, 5.41) is 8.97. The molecule has 0 spiro atoms. The Bertz CT molecular complexity index is 506. The summed E-state index contributed by atoms with van der Waals surface area (Å²) < 4.78 is 26.2. The van der Waals surface area contributed by atoms with Crippen molar-refractivity contribution in [2.75, 3.05) is 6.61 Å². The monoisotopic (exact) mass is 272 g/mol. The standard InChI is InChI=1S/C11H16N2O4S/c1-2-9(7-14)13-18(16,17)10-5-3-8(4-6-10)11(12)15/h3-6,9,13-14H,2,7H2,1H3,(H2,12,15)/t9-/m1/s1. The fourth-order valence-corrected chi connectivity index (χ4v) is 2.65. The largest absolute Gasteiger partial charge is 0.395 e. The van der Waals surface area contributed by atoms with Gasteiger partial charge in [0.2, 0.25) is 15.9 Å². The van der Waals surface area contributed by atoms with Gasteiger partial charge < -0.3 is 10.8 Å². The molecule has 0 saturated carbocycles. The van der Waals surface area contributed by atoms with Crippen LogP contribution in [0.25, 0.3) is 0 Å². The average Bonchev–Trinajstić information content (AvgIpc) is 2.36. The lowest BCUT2D eigenvalue weighted by atomic mass is 10.2. The van der Waals surface area contributed by atoms with E-state index in [0.717, 1.165) is 0 Å². The maximum absolute atomic E-state index is 11.9. The zero-order valence-electron chi connectivity index (χ0n) is 9.96. The van der Waals surface area contributed by atoms with E-state index in [-0.39, 0.29) is 17.1 Å². The zero-order valence-corrected chi connectivity index (χ0v) is 10.8. The number of amides is 1. The summed E-state index contributed by atoms with van der Waals surface area (Å²) in [4.78, 5) is 10.9. The van der Waals surface area contributed by atoms with Crippen LogP contribution < -0.4 is 10.5 Å². The highest BCUT2D eigenvalue weighted by Gasteiger charge is 2.18. The van der Waals surface area contributed by atoms with Crippen molar-refractivity contribution in [3.8, 4) is 0 Å². The van der Waals surface area contributed by atoms with E-state index in [9.17, 15) is 13.2 Å². The minimum absolute atomic E-state index is 0.0272. The van der Waals surface area contributed by atoms with Crippen molar-refractivity contribution in [3.05, 3.63) is 29.8 Å². The number of sulfonamides is 1. The van der Waals surface area contributed by atoms with Crippen molar-refractivity contribution in [1.82, 2.24) is 4.72 Å². The molecule has 6 nitrogen and oxygen atoms in total. The molecule has 1 amide bonds. The Balaban J connectivity index is 2.95. The summed E-state index contributed by atoms with van der Waals surface area (Å²) in [5.41, 5.74) is 5.30. The first kappa shape index (κ1) is 14.6. The molecule has 0 radical (unpaired) electrons. The van der Waals surface area contributed by atoms with E-state index in [1.54, 1.807) is 6.92 Å². The molecule has 1 aromatic rings. The van der Waals surface area contributed by atoms with E-state index < -0.39 is 22.0 Å². The van der Waals surface area contributed by atoms with Crippen LogP contribution in [0.4, 0.5) is 0 Å². The molecule has 0 unspecified atom stereocenters. The molecule has 0 aromatic heterocycles. The third-order valence-electron chi connectivity index (χ3n) is 2.48. The normalized spacial score (nSPS) is 13.2. The molecule has 0 saturated heterocycles. The van der Waals surface area contributed by atoms with Crippen molar-refractivity contribution >= 4 is 15.9 Å². The van der Waals surface area contributed by atoms with Gasteiger partial charge in [0.1, 0.15) is 0 Å². The Hall–Kier alpha value is -1.44. The number of benzene rings is 1. The Morgan fingerprint density at radius 3 is 2.33 bits per heavy atom. The zero-order chi connectivity index (χ0) is 13.8. The Kier molecular flexibility index (Phi) is 4.83. The second-order valence-electron chi connectivity index (χ2n) is 3.80. The van der Waals surface area contributed by atoms with Crippen molar-refractivity contribution in [3.63, 3.8) is 0 Å². The molecule has 0 aliphatic carbocycles. The van der Waals surface area contributed by atoms with Crippen LogP contribution in [0.5, 0.6) is 0 Å². The number of aliphatic hydroxyl groups is 1. The number of hydrogen-bond acceptors (Lipinski definition) is 4. The molecule has 18 heavy (non-hydrogen) atoms. The van der Waals surface area contributed by atoms with E-state index in [2.05, 4.69) is 4.72 Å². The molecule has 0 aliphatic heterocycles. The molecule has 0 bridgehead atoms. The number of carbonyl (C=O) groups is 1. The first-order valence-electron chi connectivity index (χ1n) is 5.43. The predicted molar refractivity (Wildman–Crippen MR) is 66.4 cm³/mol. The summed E-state index contributed by atoms with van der Waals surface area (Å²) in [6.45, 7) is 1.49. The molecule has 1 atom stereocenters. The first-order valence-corrected chi connectivity index (χ1v) is 6.92. The first-order chi connectivity index (χ1) is 8.40. The Morgan fingerprint density at radius 1 is 1.39 bits per heavy atom. The van der Waals surface area contributed by atoms with E-state index in [4.69, 9.17) is 10.8 Å². The third kappa shape index (κ3) is 3.52. The van der Waals surface area contributed by atoms with Crippen LogP contribution in [0.2, 0.25) is 0 Å². The van der Waals surface area contributed by atoms with Crippen LogP contribution in [0.3, 0.4) is 0 Å². The summed E-state index contributed by atoms with van der Waals surface area (Å²) >= 11 is 0. The minimum atomic E-state index is -3.69. The molecule has 100 valence electrons. The summed E-state index contributed by atoms with van der Waals surface area (Å²) in [5.74, 6) is -0.617. The predicted octanol–water partition coefficient (Wildman–Crippen LogP) is -0.165. The number of hydrogen-bond donors (Lipinski definition) is 3. The lowest BCUT2D eigenvalue weighted by Gasteiger charge is -2.14. The van der Waals surface area contributed by atoms with Gasteiger partial charge in [0.05, 0.1) is 11.5 Å². The van der Waals surface area contributed by atoms with Crippen LogP contribution in [0, 0.1) is 0 Å². The van der Waals surface area contributed by atoms with Crippen molar-refractivity contribution < 1.29 is 18.3 Å². The van der Waals surface area contributed by atoms with Gasteiger partial charge in [-0.25, -0.2) is 13.1 Å². The molecule has 1 aromatic carbocycles. The molecule has 0 heterocycles. The topological polar surface area (TPSA) is 109 Å². The van der Waals surface area contributed by atoms with Gasteiger partial charge in [0.15, 0.2) is 0 Å². The minimum Gasteiger partial charge on any atom is -0.395 e. The highest BCUT2D eigenvalue weighted by Crippen LogP contribution is 2.11. The van der Waals surface area contributed by atoms with Gasteiger partial charge in [-0.2, -0.15) is 0 Å². The Morgan fingerprint density at radius 2 is 1.94 bits per heavy atom. The molecule has 0 aliphatic rings. The van der Waals surface area contributed by atoms with E-state index in [1.165, 1.54) is 24.3 Å². The second-order valence-corrected chi connectivity index (χ2v) is 5.51. The SMILES string of the molecule is CC[C@H](CO)NS(=O)(=O)c1ccc(C(N)=O)cc1. The maximum atomic E-state index is 11.9. The van der Waals surface area contributed by atoms with Crippen LogP contribution in [-0.4, -0.2) is 32.1 Å².